The Bertz CT molecular complexity index is 927. The molecule has 3 rings (SSSR count). The molecule has 1 saturated carbocycles. The first-order chi connectivity index (χ1) is 14.4. The minimum Gasteiger partial charge on any atom is -0.381 e. The Morgan fingerprint density at radius 1 is 1.17 bits per heavy atom. The number of hydrogen-bond acceptors (Lipinski definition) is 5. The van der Waals surface area contributed by atoms with Crippen molar-refractivity contribution in [2.24, 2.45) is 0 Å². The maximum atomic E-state index is 13.0. The molecule has 2 amide bonds. The van der Waals surface area contributed by atoms with Crippen LogP contribution in [-0.4, -0.2) is 50.0 Å². The van der Waals surface area contributed by atoms with E-state index in [0.29, 0.717) is 12.2 Å². The zero-order chi connectivity index (χ0) is 21.6. The van der Waals surface area contributed by atoms with E-state index < -0.39 is 10.0 Å². The number of pyridine rings is 1. The standard InChI is InChI=1S/C21H28N4O4S/c1-25(18-7-9-19(29-2)10-8-18)30(27,28)20-11-5-17(6-12-20)24-21(26)23-15-16-4-3-13-22-14-16/h3-6,11-14,18-19H,7-10,15H2,1-2H3,(H2,23,24,26). The number of hydrogen-bond donors (Lipinski definition) is 2. The van der Waals surface area contributed by atoms with Crippen LogP contribution in [0.25, 0.3) is 0 Å². The minimum atomic E-state index is -3.60. The third-order valence-electron chi connectivity index (χ3n) is 5.46. The summed E-state index contributed by atoms with van der Waals surface area (Å²) in [4.78, 5) is 16.3. The van der Waals surface area contributed by atoms with Crippen molar-refractivity contribution in [3.63, 3.8) is 0 Å². The lowest BCUT2D eigenvalue weighted by Gasteiger charge is -2.33. The van der Waals surface area contributed by atoms with Gasteiger partial charge in [-0.2, -0.15) is 4.31 Å². The van der Waals surface area contributed by atoms with E-state index >= 15 is 0 Å². The highest BCUT2D eigenvalue weighted by Crippen LogP contribution is 2.28. The molecule has 0 saturated heterocycles. The average Bonchev–Trinajstić information content (AvgIpc) is 2.78. The van der Waals surface area contributed by atoms with Crippen LogP contribution in [-0.2, 0) is 21.3 Å². The summed E-state index contributed by atoms with van der Waals surface area (Å²) in [5, 5.41) is 5.44. The van der Waals surface area contributed by atoms with Gasteiger partial charge >= 0.3 is 6.03 Å². The van der Waals surface area contributed by atoms with Gasteiger partial charge in [0.15, 0.2) is 0 Å². The number of anilines is 1. The lowest BCUT2D eigenvalue weighted by Crippen LogP contribution is -2.40. The summed E-state index contributed by atoms with van der Waals surface area (Å²) in [7, 11) is -0.272. The van der Waals surface area contributed by atoms with Crippen molar-refractivity contribution in [1.82, 2.24) is 14.6 Å². The second-order valence-corrected chi connectivity index (χ2v) is 9.38. The predicted molar refractivity (Wildman–Crippen MR) is 115 cm³/mol. The largest absolute Gasteiger partial charge is 0.381 e. The van der Waals surface area contributed by atoms with Gasteiger partial charge < -0.3 is 15.4 Å². The number of sulfonamides is 1. The Morgan fingerprint density at radius 3 is 2.47 bits per heavy atom. The zero-order valence-corrected chi connectivity index (χ0v) is 18.1. The molecular formula is C21H28N4O4S. The van der Waals surface area contributed by atoms with Gasteiger partial charge in [0.1, 0.15) is 0 Å². The van der Waals surface area contributed by atoms with Gasteiger partial charge in [-0.25, -0.2) is 13.2 Å². The number of urea groups is 1. The van der Waals surface area contributed by atoms with Crippen molar-refractivity contribution < 1.29 is 17.9 Å². The number of benzene rings is 1. The van der Waals surface area contributed by atoms with Crippen LogP contribution in [0, 0.1) is 0 Å². The van der Waals surface area contributed by atoms with E-state index in [0.717, 1.165) is 31.2 Å². The van der Waals surface area contributed by atoms with Crippen LogP contribution in [0.4, 0.5) is 10.5 Å². The lowest BCUT2D eigenvalue weighted by atomic mass is 9.93. The molecule has 1 fully saturated rings. The van der Waals surface area contributed by atoms with Crippen molar-refractivity contribution in [3.8, 4) is 0 Å². The number of aromatic nitrogens is 1. The number of rotatable bonds is 7. The van der Waals surface area contributed by atoms with E-state index in [1.165, 1.54) is 16.4 Å². The summed E-state index contributed by atoms with van der Waals surface area (Å²) in [6, 6.07) is 9.48. The summed E-state index contributed by atoms with van der Waals surface area (Å²) in [5.41, 5.74) is 1.40. The van der Waals surface area contributed by atoms with Crippen molar-refractivity contribution in [2.45, 2.75) is 49.3 Å². The molecular weight excluding hydrogens is 404 g/mol. The molecule has 0 unspecified atom stereocenters. The molecule has 2 aromatic rings. The predicted octanol–water partition coefficient (Wildman–Crippen LogP) is 2.98. The molecule has 2 N–H and O–H groups in total. The maximum absolute atomic E-state index is 13.0. The molecule has 0 bridgehead atoms. The fraction of sp³-hybridized carbons (Fsp3) is 0.429. The van der Waals surface area contributed by atoms with E-state index in [9.17, 15) is 13.2 Å². The Morgan fingerprint density at radius 2 is 1.87 bits per heavy atom. The van der Waals surface area contributed by atoms with Gasteiger partial charge in [-0.05, 0) is 61.6 Å². The summed E-state index contributed by atoms with van der Waals surface area (Å²) < 4.78 is 32.8. The van der Waals surface area contributed by atoms with Crippen LogP contribution in [0.3, 0.4) is 0 Å². The van der Waals surface area contributed by atoms with Crippen molar-refractivity contribution >= 4 is 21.7 Å². The van der Waals surface area contributed by atoms with Crippen LogP contribution in [0.5, 0.6) is 0 Å². The molecule has 9 heteroatoms. The smallest absolute Gasteiger partial charge is 0.319 e. The van der Waals surface area contributed by atoms with E-state index in [1.54, 1.807) is 44.8 Å². The van der Waals surface area contributed by atoms with Crippen molar-refractivity contribution in [2.75, 3.05) is 19.5 Å². The van der Waals surface area contributed by atoms with Crippen LogP contribution in [0.1, 0.15) is 31.2 Å². The molecule has 0 spiro atoms. The van der Waals surface area contributed by atoms with Gasteiger partial charge in [0.05, 0.1) is 11.0 Å². The number of ether oxygens (including phenoxy) is 1. The fourth-order valence-corrected chi connectivity index (χ4v) is 4.99. The average molecular weight is 433 g/mol. The first kappa shape index (κ1) is 22.2. The summed E-state index contributed by atoms with van der Waals surface area (Å²) in [5.74, 6) is 0. The van der Waals surface area contributed by atoms with Gasteiger partial charge in [-0.1, -0.05) is 6.07 Å². The Labute approximate surface area is 177 Å². The number of nitrogens with zero attached hydrogens (tertiary/aromatic N) is 2. The summed E-state index contributed by atoms with van der Waals surface area (Å²) in [6.45, 7) is 0.349. The molecule has 1 aliphatic carbocycles. The van der Waals surface area contributed by atoms with Crippen LogP contribution in [0.2, 0.25) is 0 Å². The SMILES string of the molecule is COC1CCC(N(C)S(=O)(=O)c2ccc(NC(=O)NCc3cccnc3)cc2)CC1. The van der Waals surface area contributed by atoms with Crippen LogP contribution < -0.4 is 10.6 Å². The number of carbonyl (C=O) groups is 1. The molecule has 1 aromatic heterocycles. The zero-order valence-electron chi connectivity index (χ0n) is 17.2. The number of amides is 2. The molecule has 0 aliphatic heterocycles. The molecule has 30 heavy (non-hydrogen) atoms. The van der Waals surface area contributed by atoms with E-state index in [1.807, 2.05) is 6.07 Å². The topological polar surface area (TPSA) is 101 Å². The minimum absolute atomic E-state index is 0.0301. The Balaban J connectivity index is 1.56. The normalized spacial score (nSPS) is 19.4. The van der Waals surface area contributed by atoms with E-state index in [4.69, 9.17) is 4.74 Å². The maximum Gasteiger partial charge on any atom is 0.319 e. The second kappa shape index (κ2) is 10.0. The molecule has 0 radical (unpaired) electrons. The van der Waals surface area contributed by atoms with Crippen LogP contribution in [0.15, 0.2) is 53.7 Å². The molecule has 1 heterocycles. The van der Waals surface area contributed by atoms with E-state index in [2.05, 4.69) is 15.6 Å². The Kier molecular flexibility index (Phi) is 7.41. The highest BCUT2D eigenvalue weighted by molar-refractivity contribution is 7.89. The fourth-order valence-electron chi connectivity index (χ4n) is 3.58. The number of methoxy groups -OCH3 is 1. The van der Waals surface area contributed by atoms with E-state index in [-0.39, 0.29) is 23.1 Å². The van der Waals surface area contributed by atoms with Crippen molar-refractivity contribution in [1.29, 1.82) is 0 Å². The van der Waals surface area contributed by atoms with Crippen molar-refractivity contribution in [3.05, 3.63) is 54.4 Å². The van der Waals surface area contributed by atoms with Gasteiger partial charge in [-0.15, -0.1) is 0 Å². The molecule has 8 nitrogen and oxygen atoms in total. The highest BCUT2D eigenvalue weighted by atomic mass is 32.2. The summed E-state index contributed by atoms with van der Waals surface area (Å²) >= 11 is 0. The monoisotopic (exact) mass is 432 g/mol. The highest BCUT2D eigenvalue weighted by Gasteiger charge is 2.31. The van der Waals surface area contributed by atoms with Gasteiger partial charge in [0, 0.05) is 44.8 Å². The third kappa shape index (κ3) is 5.56. The second-order valence-electron chi connectivity index (χ2n) is 7.38. The number of nitrogens with one attached hydrogen (secondary N) is 2. The first-order valence-electron chi connectivity index (χ1n) is 9.95. The molecule has 1 aromatic carbocycles. The molecule has 0 atom stereocenters. The quantitative estimate of drug-likeness (QED) is 0.701. The number of carbonyl (C=O) groups excluding carboxylic acids is 1. The summed E-state index contributed by atoms with van der Waals surface area (Å²) in [6.07, 6.45) is 6.85. The molecule has 1 aliphatic rings. The van der Waals surface area contributed by atoms with Gasteiger partial charge in [0.25, 0.3) is 0 Å². The Hall–Kier alpha value is -2.49. The third-order valence-corrected chi connectivity index (χ3v) is 7.38. The van der Waals surface area contributed by atoms with Crippen LogP contribution >= 0.6 is 0 Å². The molecule has 162 valence electrons. The van der Waals surface area contributed by atoms with Gasteiger partial charge in [-0.3, -0.25) is 4.98 Å². The lowest BCUT2D eigenvalue weighted by molar-refractivity contribution is 0.0553. The first-order valence-corrected chi connectivity index (χ1v) is 11.4. The van der Waals surface area contributed by atoms with Gasteiger partial charge in [0.2, 0.25) is 10.0 Å².